The first-order valence-electron chi connectivity index (χ1n) is 11.2. The van der Waals surface area contributed by atoms with Gasteiger partial charge in [0.25, 0.3) is 5.91 Å². The van der Waals surface area contributed by atoms with Crippen molar-refractivity contribution in [1.82, 2.24) is 15.4 Å². The molecule has 1 fully saturated rings. The smallest absolute Gasteiger partial charge is 0.323 e. The average Bonchev–Trinajstić information content (AvgIpc) is 3.13. The number of benzene rings is 1. The number of likely N-dealkylation sites (N-methyl/N-ethyl adjacent to an activating group) is 1. The van der Waals surface area contributed by atoms with Crippen molar-refractivity contribution in [2.24, 2.45) is 0 Å². The van der Waals surface area contributed by atoms with Crippen LogP contribution in [0.4, 0.5) is 16.2 Å². The molecule has 1 aromatic carbocycles. The number of ether oxygens (including phenoxy) is 2. The van der Waals surface area contributed by atoms with Crippen molar-refractivity contribution in [1.29, 1.82) is 0 Å². The zero-order valence-electron chi connectivity index (χ0n) is 19.6. The maximum Gasteiger partial charge on any atom is 0.323 e. The van der Waals surface area contributed by atoms with Crippen LogP contribution in [0.25, 0.3) is 0 Å². The highest BCUT2D eigenvalue weighted by atomic mass is 16.5. The van der Waals surface area contributed by atoms with Crippen molar-refractivity contribution in [2.75, 3.05) is 31.3 Å². The Bertz CT molecular complexity index is 1080. The molecule has 2 aliphatic heterocycles. The summed E-state index contributed by atoms with van der Waals surface area (Å²) in [6, 6.07) is 4.25. The van der Waals surface area contributed by atoms with Crippen molar-refractivity contribution >= 4 is 29.2 Å². The topological polar surface area (TPSA) is 135 Å². The second-order valence-electron chi connectivity index (χ2n) is 8.53. The molecule has 0 spiro atoms. The molecule has 0 aliphatic carbocycles. The Hall–Kier alpha value is -3.60. The van der Waals surface area contributed by atoms with Crippen LogP contribution in [0.2, 0.25) is 0 Å². The Morgan fingerprint density at radius 2 is 2.00 bits per heavy atom. The van der Waals surface area contributed by atoms with E-state index in [0.717, 1.165) is 0 Å². The number of aryl methyl sites for hydroxylation is 2. The first-order chi connectivity index (χ1) is 16.3. The molecule has 0 unspecified atom stereocenters. The number of amides is 4. The minimum Gasteiger partial charge on any atom is -0.490 e. The van der Waals surface area contributed by atoms with Crippen LogP contribution in [0.3, 0.4) is 0 Å². The average molecular weight is 472 g/mol. The molecule has 2 aliphatic rings. The summed E-state index contributed by atoms with van der Waals surface area (Å²) in [4.78, 5) is 39.2. The largest absolute Gasteiger partial charge is 0.490 e. The van der Waals surface area contributed by atoms with Gasteiger partial charge < -0.3 is 34.8 Å². The molecule has 2 aromatic rings. The lowest BCUT2D eigenvalue weighted by atomic mass is 9.94. The summed E-state index contributed by atoms with van der Waals surface area (Å²) in [5.74, 6) is 0.595. The molecule has 0 saturated carbocycles. The Morgan fingerprint density at radius 3 is 2.71 bits per heavy atom. The highest BCUT2D eigenvalue weighted by Crippen LogP contribution is 2.32. The zero-order chi connectivity index (χ0) is 24.4. The number of carbonyl (C=O) groups excluding carboxylic acids is 3. The summed E-state index contributed by atoms with van der Waals surface area (Å²) in [5.41, 5.74) is 1.86. The van der Waals surface area contributed by atoms with E-state index in [9.17, 15) is 14.4 Å². The molecular formula is C23H29N5O6. The third-order valence-electron chi connectivity index (χ3n) is 6.23. The van der Waals surface area contributed by atoms with E-state index in [1.165, 1.54) is 0 Å². The molecule has 3 heterocycles. The third kappa shape index (κ3) is 4.84. The molecule has 4 rings (SSSR count). The molecule has 4 amide bonds. The molecule has 1 saturated heterocycles. The first kappa shape index (κ1) is 23.6. The summed E-state index contributed by atoms with van der Waals surface area (Å²) in [7, 11) is 3.33. The molecule has 3 atom stereocenters. The summed E-state index contributed by atoms with van der Waals surface area (Å²) >= 11 is 0. The van der Waals surface area contributed by atoms with Gasteiger partial charge in [-0.3, -0.25) is 9.59 Å². The van der Waals surface area contributed by atoms with Crippen LogP contribution < -0.4 is 20.7 Å². The summed E-state index contributed by atoms with van der Waals surface area (Å²) in [6.45, 7) is 3.68. The van der Waals surface area contributed by atoms with E-state index < -0.39 is 6.03 Å². The fraction of sp³-hybridized carbons (Fsp3) is 0.478. The monoisotopic (exact) mass is 471 g/mol. The molecule has 34 heavy (non-hydrogen) atoms. The number of rotatable bonds is 4. The van der Waals surface area contributed by atoms with Crippen molar-refractivity contribution in [2.45, 2.75) is 51.4 Å². The van der Waals surface area contributed by atoms with Crippen LogP contribution in [-0.2, 0) is 9.53 Å². The van der Waals surface area contributed by atoms with Gasteiger partial charge >= 0.3 is 6.03 Å². The quantitative estimate of drug-likeness (QED) is 0.623. The summed E-state index contributed by atoms with van der Waals surface area (Å²) < 4.78 is 17.1. The van der Waals surface area contributed by atoms with Crippen LogP contribution in [0.1, 0.15) is 41.1 Å². The minimum atomic E-state index is -0.482. The van der Waals surface area contributed by atoms with Crippen molar-refractivity contribution in [3.63, 3.8) is 0 Å². The number of nitrogens with zero attached hydrogens (tertiary/aromatic N) is 2. The molecule has 0 radical (unpaired) electrons. The van der Waals surface area contributed by atoms with Gasteiger partial charge in [-0.15, -0.1) is 0 Å². The van der Waals surface area contributed by atoms with Gasteiger partial charge in [-0.25, -0.2) is 4.79 Å². The molecule has 0 bridgehead atoms. The van der Waals surface area contributed by atoms with Crippen molar-refractivity contribution in [3.05, 3.63) is 35.2 Å². The lowest BCUT2D eigenvalue weighted by Crippen LogP contribution is -2.53. The van der Waals surface area contributed by atoms with Crippen LogP contribution in [0.5, 0.6) is 5.75 Å². The van der Waals surface area contributed by atoms with E-state index in [1.807, 2.05) is 0 Å². The Balaban J connectivity index is 1.48. The lowest BCUT2D eigenvalue weighted by molar-refractivity contribution is -0.133. The van der Waals surface area contributed by atoms with Gasteiger partial charge in [0, 0.05) is 19.8 Å². The second-order valence-corrected chi connectivity index (χ2v) is 8.53. The van der Waals surface area contributed by atoms with E-state index >= 15 is 0 Å². The van der Waals surface area contributed by atoms with Crippen LogP contribution >= 0.6 is 0 Å². The number of fused-ring (bicyclic) bond motifs is 2. The van der Waals surface area contributed by atoms with Gasteiger partial charge in [0.2, 0.25) is 5.91 Å². The second kappa shape index (κ2) is 9.72. The predicted molar refractivity (Wildman–Crippen MR) is 123 cm³/mol. The Kier molecular flexibility index (Phi) is 6.73. The maximum absolute atomic E-state index is 13.3. The number of urea groups is 1. The molecular weight excluding hydrogens is 442 g/mol. The highest BCUT2D eigenvalue weighted by Gasteiger charge is 2.39. The Morgan fingerprint density at radius 1 is 1.21 bits per heavy atom. The number of hydrogen-bond donors (Lipinski definition) is 3. The van der Waals surface area contributed by atoms with E-state index in [-0.39, 0.29) is 43.1 Å². The SMILES string of the molecule is CNC(=O)C[C@H]1CC[C@H]2[C@H](COc3ccc(NC(=O)Nc4c(C)noc4C)cc3C(=O)N2C)O1. The van der Waals surface area contributed by atoms with Gasteiger partial charge in [-0.05, 0) is 44.9 Å². The van der Waals surface area contributed by atoms with Crippen LogP contribution in [0.15, 0.2) is 22.7 Å². The molecule has 1 aromatic heterocycles. The standard InChI is InChI=1S/C23H29N5O6/c1-12-21(13(2)34-27-12)26-23(31)25-14-5-8-18-16(9-14)22(30)28(4)17-7-6-15(10-20(29)24-3)33-19(17)11-32-18/h5,8-9,15,17,19H,6-7,10-11H2,1-4H3,(H,24,29)(H2,25,26,31)/t15-,17+,19+/m1/s1. The van der Waals surface area contributed by atoms with Crippen molar-refractivity contribution < 1.29 is 28.4 Å². The zero-order valence-corrected chi connectivity index (χ0v) is 19.6. The van der Waals surface area contributed by atoms with Crippen LogP contribution in [0, 0.1) is 13.8 Å². The molecule has 182 valence electrons. The van der Waals surface area contributed by atoms with Gasteiger partial charge in [0.05, 0.1) is 24.1 Å². The summed E-state index contributed by atoms with van der Waals surface area (Å²) in [6.07, 6.45) is 1.09. The van der Waals surface area contributed by atoms with E-state index in [4.69, 9.17) is 14.0 Å². The van der Waals surface area contributed by atoms with Gasteiger partial charge in [0.1, 0.15) is 29.8 Å². The van der Waals surface area contributed by atoms with E-state index in [1.54, 1.807) is 51.0 Å². The number of anilines is 2. The number of carbonyl (C=O) groups is 3. The van der Waals surface area contributed by atoms with Crippen molar-refractivity contribution in [3.8, 4) is 5.75 Å². The predicted octanol–water partition coefficient (Wildman–Crippen LogP) is 2.45. The lowest BCUT2D eigenvalue weighted by Gasteiger charge is -2.42. The fourth-order valence-corrected chi connectivity index (χ4v) is 4.35. The Labute approximate surface area is 197 Å². The third-order valence-corrected chi connectivity index (χ3v) is 6.23. The van der Waals surface area contributed by atoms with Gasteiger partial charge in [-0.2, -0.15) is 0 Å². The van der Waals surface area contributed by atoms with E-state index in [2.05, 4.69) is 21.1 Å². The number of aromatic nitrogens is 1. The number of hydrogen-bond acceptors (Lipinski definition) is 7. The van der Waals surface area contributed by atoms with Crippen LogP contribution in [-0.4, -0.2) is 66.9 Å². The maximum atomic E-state index is 13.3. The summed E-state index contributed by atoms with van der Waals surface area (Å²) in [5, 5.41) is 11.9. The minimum absolute atomic E-state index is 0.0802. The van der Waals surface area contributed by atoms with Gasteiger partial charge in [-0.1, -0.05) is 5.16 Å². The fourth-order valence-electron chi connectivity index (χ4n) is 4.35. The van der Waals surface area contributed by atoms with Gasteiger partial charge in [0.15, 0.2) is 5.76 Å². The normalized spacial score (nSPS) is 21.9. The van der Waals surface area contributed by atoms with E-state index in [0.29, 0.717) is 47.0 Å². The molecule has 3 N–H and O–H groups in total. The first-order valence-corrected chi connectivity index (χ1v) is 11.2. The molecule has 11 heteroatoms. The number of nitrogens with one attached hydrogen (secondary N) is 3. The highest BCUT2D eigenvalue weighted by molar-refractivity contribution is 6.03. The molecule has 11 nitrogen and oxygen atoms in total.